The average molecular weight is 394 g/mol. The van der Waals surface area contributed by atoms with Crippen LogP contribution >= 0.6 is 0 Å². The smallest absolute Gasteiger partial charge is 0.408 e. The number of carbonyl (C=O) groups is 2. The van der Waals surface area contributed by atoms with Gasteiger partial charge in [-0.2, -0.15) is 0 Å². The van der Waals surface area contributed by atoms with Crippen LogP contribution in [-0.4, -0.2) is 36.9 Å². The lowest BCUT2D eigenvalue weighted by atomic mass is 9.92. The molecule has 1 aromatic rings. The largest absolute Gasteiger partial charge is 0.497 e. The van der Waals surface area contributed by atoms with Gasteiger partial charge in [0.1, 0.15) is 17.4 Å². The van der Waals surface area contributed by atoms with E-state index in [0.717, 1.165) is 25.0 Å². The van der Waals surface area contributed by atoms with Crippen molar-refractivity contribution >= 4 is 12.1 Å². The topological polar surface area (TPSA) is 73.9 Å². The molecule has 1 N–H and O–H groups in total. The zero-order chi connectivity index (χ0) is 21.3. The first-order chi connectivity index (χ1) is 13.0. The van der Waals surface area contributed by atoms with Crippen LogP contribution in [0.25, 0.3) is 0 Å². The third kappa shape index (κ3) is 9.11. The van der Waals surface area contributed by atoms with E-state index >= 15 is 0 Å². The Bertz CT molecular complexity index is 621. The Kier molecular flexibility index (Phi) is 9.29. The SMILES string of the molecule is CCC(Cc1ccc(OC)cc1)CC(C)OC(=O)[C@H](C)NC(=O)OC(C)(C)C. The number of rotatable bonds is 9. The lowest BCUT2D eigenvalue weighted by Gasteiger charge is -2.23. The molecular weight excluding hydrogens is 358 g/mol. The van der Waals surface area contributed by atoms with Crippen molar-refractivity contribution in [3.05, 3.63) is 29.8 Å². The number of hydrogen-bond donors (Lipinski definition) is 1. The Hall–Kier alpha value is -2.24. The van der Waals surface area contributed by atoms with E-state index in [9.17, 15) is 9.59 Å². The van der Waals surface area contributed by atoms with Crippen LogP contribution < -0.4 is 10.1 Å². The molecule has 0 radical (unpaired) electrons. The van der Waals surface area contributed by atoms with Gasteiger partial charge in [0, 0.05) is 0 Å². The van der Waals surface area contributed by atoms with Crippen LogP contribution in [0.5, 0.6) is 5.75 Å². The summed E-state index contributed by atoms with van der Waals surface area (Å²) in [6, 6.07) is 7.26. The highest BCUT2D eigenvalue weighted by Gasteiger charge is 2.24. The molecule has 1 rings (SSSR count). The number of alkyl carbamates (subject to hydrolysis) is 1. The summed E-state index contributed by atoms with van der Waals surface area (Å²) in [5.74, 6) is 0.772. The first-order valence-electron chi connectivity index (χ1n) is 9.87. The molecule has 2 unspecified atom stereocenters. The number of carbonyl (C=O) groups excluding carboxylic acids is 2. The maximum absolute atomic E-state index is 12.2. The minimum Gasteiger partial charge on any atom is -0.497 e. The molecule has 0 saturated carbocycles. The van der Waals surface area contributed by atoms with Crippen LogP contribution in [0.3, 0.4) is 0 Å². The third-order valence-electron chi connectivity index (χ3n) is 4.33. The number of hydrogen-bond acceptors (Lipinski definition) is 5. The molecule has 6 heteroatoms. The van der Waals surface area contributed by atoms with Crippen molar-refractivity contribution in [3.8, 4) is 5.75 Å². The van der Waals surface area contributed by atoms with Crippen LogP contribution in [0.1, 0.15) is 59.9 Å². The second kappa shape index (κ2) is 10.9. The first-order valence-corrected chi connectivity index (χ1v) is 9.87. The van der Waals surface area contributed by atoms with E-state index in [1.165, 1.54) is 5.56 Å². The first kappa shape index (κ1) is 23.8. The van der Waals surface area contributed by atoms with Gasteiger partial charge in [-0.25, -0.2) is 9.59 Å². The van der Waals surface area contributed by atoms with Crippen LogP contribution in [0.15, 0.2) is 24.3 Å². The maximum atomic E-state index is 12.2. The molecule has 0 aliphatic carbocycles. The van der Waals surface area contributed by atoms with Gasteiger partial charge in [-0.3, -0.25) is 0 Å². The normalized spacial score (nSPS) is 14.5. The maximum Gasteiger partial charge on any atom is 0.408 e. The Balaban J connectivity index is 2.49. The minimum atomic E-state index is -0.765. The molecule has 0 aliphatic heterocycles. The highest BCUT2D eigenvalue weighted by Crippen LogP contribution is 2.21. The van der Waals surface area contributed by atoms with E-state index in [2.05, 4.69) is 24.4 Å². The highest BCUT2D eigenvalue weighted by atomic mass is 16.6. The lowest BCUT2D eigenvalue weighted by molar-refractivity contribution is -0.151. The van der Waals surface area contributed by atoms with Gasteiger partial charge < -0.3 is 19.5 Å². The van der Waals surface area contributed by atoms with E-state index < -0.39 is 23.7 Å². The molecule has 158 valence electrons. The van der Waals surface area contributed by atoms with Crippen molar-refractivity contribution in [1.29, 1.82) is 0 Å². The number of nitrogens with one attached hydrogen (secondary N) is 1. The average Bonchev–Trinajstić information content (AvgIpc) is 2.59. The van der Waals surface area contributed by atoms with Gasteiger partial charge in [-0.15, -0.1) is 0 Å². The molecule has 6 nitrogen and oxygen atoms in total. The summed E-state index contributed by atoms with van der Waals surface area (Å²) in [4.78, 5) is 24.0. The second-order valence-corrected chi connectivity index (χ2v) is 8.18. The summed E-state index contributed by atoms with van der Waals surface area (Å²) in [5, 5.41) is 2.51. The van der Waals surface area contributed by atoms with Crippen molar-refractivity contribution in [3.63, 3.8) is 0 Å². The lowest BCUT2D eigenvalue weighted by Crippen LogP contribution is -2.43. The molecule has 3 atom stereocenters. The van der Waals surface area contributed by atoms with Crippen LogP contribution in [0.4, 0.5) is 4.79 Å². The molecule has 0 spiro atoms. The fourth-order valence-corrected chi connectivity index (χ4v) is 2.85. The molecule has 0 heterocycles. The number of ether oxygens (including phenoxy) is 3. The second-order valence-electron chi connectivity index (χ2n) is 8.18. The minimum absolute atomic E-state index is 0.237. The number of amides is 1. The van der Waals surface area contributed by atoms with Crippen LogP contribution in [-0.2, 0) is 20.7 Å². The van der Waals surface area contributed by atoms with Gasteiger partial charge in [-0.05, 0) is 71.1 Å². The number of methoxy groups -OCH3 is 1. The van der Waals surface area contributed by atoms with E-state index in [0.29, 0.717) is 5.92 Å². The zero-order valence-corrected chi connectivity index (χ0v) is 18.2. The van der Waals surface area contributed by atoms with Crippen molar-refractivity contribution < 1.29 is 23.8 Å². The molecule has 1 amide bonds. The molecule has 0 bridgehead atoms. The van der Waals surface area contributed by atoms with Crippen LogP contribution in [0.2, 0.25) is 0 Å². The predicted octanol–water partition coefficient (Wildman–Crippen LogP) is 4.50. The molecular formula is C22H35NO5. The Morgan fingerprint density at radius 1 is 1.11 bits per heavy atom. The van der Waals surface area contributed by atoms with E-state index in [4.69, 9.17) is 14.2 Å². The van der Waals surface area contributed by atoms with Crippen molar-refractivity contribution in [1.82, 2.24) is 5.32 Å². The molecule has 0 aliphatic rings. The Morgan fingerprint density at radius 3 is 2.21 bits per heavy atom. The van der Waals surface area contributed by atoms with E-state index in [-0.39, 0.29) is 6.10 Å². The van der Waals surface area contributed by atoms with Crippen molar-refractivity contribution in [2.75, 3.05) is 7.11 Å². The fourth-order valence-electron chi connectivity index (χ4n) is 2.85. The summed E-state index contributed by atoms with van der Waals surface area (Å²) >= 11 is 0. The quantitative estimate of drug-likeness (QED) is 0.625. The van der Waals surface area contributed by atoms with Gasteiger partial charge in [0.15, 0.2) is 0 Å². The highest BCUT2D eigenvalue weighted by molar-refractivity contribution is 5.81. The summed E-state index contributed by atoms with van der Waals surface area (Å²) in [6.45, 7) is 10.9. The Labute approximate surface area is 168 Å². The van der Waals surface area contributed by atoms with Gasteiger partial charge in [-0.1, -0.05) is 25.5 Å². The number of benzene rings is 1. The van der Waals surface area contributed by atoms with Gasteiger partial charge >= 0.3 is 12.1 Å². The monoisotopic (exact) mass is 393 g/mol. The van der Waals surface area contributed by atoms with Crippen molar-refractivity contribution in [2.45, 2.75) is 78.6 Å². The standard InChI is InChI=1S/C22H35NO5/c1-8-17(14-18-9-11-19(26-7)12-10-18)13-15(2)27-20(24)16(3)23-21(25)28-22(4,5)6/h9-12,15-17H,8,13-14H2,1-7H3,(H,23,25)/t15?,16-,17?/m0/s1. The Morgan fingerprint density at radius 2 is 1.71 bits per heavy atom. The van der Waals surface area contributed by atoms with Gasteiger partial charge in [0.25, 0.3) is 0 Å². The fraction of sp³-hybridized carbons (Fsp3) is 0.636. The number of esters is 1. The van der Waals surface area contributed by atoms with Gasteiger partial charge in [0.05, 0.1) is 13.2 Å². The van der Waals surface area contributed by atoms with E-state index in [1.807, 2.05) is 19.1 Å². The third-order valence-corrected chi connectivity index (χ3v) is 4.33. The molecule has 28 heavy (non-hydrogen) atoms. The molecule has 0 aromatic heterocycles. The predicted molar refractivity (Wildman–Crippen MR) is 109 cm³/mol. The van der Waals surface area contributed by atoms with Crippen molar-refractivity contribution in [2.24, 2.45) is 5.92 Å². The summed E-state index contributed by atoms with van der Waals surface area (Å²) < 4.78 is 15.9. The molecule has 0 fully saturated rings. The summed E-state index contributed by atoms with van der Waals surface area (Å²) in [7, 11) is 1.65. The molecule has 0 saturated heterocycles. The zero-order valence-electron chi connectivity index (χ0n) is 18.2. The van der Waals surface area contributed by atoms with E-state index in [1.54, 1.807) is 34.8 Å². The van der Waals surface area contributed by atoms with Crippen LogP contribution in [0, 0.1) is 5.92 Å². The van der Waals surface area contributed by atoms with Gasteiger partial charge in [0.2, 0.25) is 0 Å². The molecule has 1 aromatic carbocycles. The summed E-state index contributed by atoms with van der Waals surface area (Å²) in [5.41, 5.74) is 0.614. The summed E-state index contributed by atoms with van der Waals surface area (Å²) in [6.07, 6.45) is 1.79.